The van der Waals surface area contributed by atoms with Crippen LogP contribution in [-0.2, 0) is 0 Å². The van der Waals surface area contributed by atoms with Crippen LogP contribution in [0.4, 0.5) is 32.3 Å². The molecule has 42 heavy (non-hydrogen) atoms. The summed E-state index contributed by atoms with van der Waals surface area (Å²) in [6.07, 6.45) is 0. The molecule has 6 amide bonds. The molecule has 0 bridgehead atoms. The van der Waals surface area contributed by atoms with E-state index in [0.29, 0.717) is 60.1 Å². The van der Waals surface area contributed by atoms with Gasteiger partial charge in [-0.05, 0) is 88.9 Å². The van der Waals surface area contributed by atoms with Crippen LogP contribution < -0.4 is 31.9 Å². The topological polar surface area (TPSA) is 147 Å². The van der Waals surface area contributed by atoms with E-state index in [2.05, 4.69) is 31.9 Å². The first kappa shape index (κ1) is 31.6. The highest BCUT2D eigenvalue weighted by molar-refractivity contribution is 6.07. The quantitative estimate of drug-likeness (QED) is 0.195. The van der Waals surface area contributed by atoms with Gasteiger partial charge < -0.3 is 41.7 Å². The monoisotopic (exact) mass is 574 g/mol. The zero-order valence-corrected chi connectivity index (χ0v) is 24.3. The summed E-state index contributed by atoms with van der Waals surface area (Å²) in [6.45, 7) is 2.44. The van der Waals surface area contributed by atoms with Crippen molar-refractivity contribution in [1.29, 1.82) is 0 Å². The van der Waals surface area contributed by atoms with Crippen LogP contribution >= 0.6 is 0 Å². The van der Waals surface area contributed by atoms with E-state index in [9.17, 15) is 19.2 Å². The van der Waals surface area contributed by atoms with Crippen molar-refractivity contribution in [2.75, 3.05) is 75.6 Å². The number of nitrogens with one attached hydrogen (secondary N) is 6. The fourth-order valence-electron chi connectivity index (χ4n) is 3.67. The molecule has 3 rings (SSSR count). The van der Waals surface area contributed by atoms with Gasteiger partial charge in [0.15, 0.2) is 0 Å². The van der Waals surface area contributed by atoms with Gasteiger partial charge in [-0.2, -0.15) is 0 Å². The maximum Gasteiger partial charge on any atom is 0.319 e. The van der Waals surface area contributed by atoms with Gasteiger partial charge in [-0.15, -0.1) is 0 Å². The summed E-state index contributed by atoms with van der Waals surface area (Å²) in [6, 6.07) is 19.2. The number of hydrogen-bond acceptors (Lipinski definition) is 6. The summed E-state index contributed by atoms with van der Waals surface area (Å²) in [5.41, 5.74) is 2.80. The van der Waals surface area contributed by atoms with Crippen LogP contribution in [0.5, 0.6) is 0 Å². The second-order valence-corrected chi connectivity index (χ2v) is 10.0. The van der Waals surface area contributed by atoms with Crippen molar-refractivity contribution in [2.45, 2.75) is 0 Å². The van der Waals surface area contributed by atoms with Crippen LogP contribution in [0.2, 0.25) is 0 Å². The maximum absolute atomic E-state index is 12.8. The highest BCUT2D eigenvalue weighted by Gasteiger charge is 2.11. The molecule has 0 radical (unpaired) electrons. The summed E-state index contributed by atoms with van der Waals surface area (Å²) in [7, 11) is 7.69. The predicted molar refractivity (Wildman–Crippen MR) is 166 cm³/mol. The van der Waals surface area contributed by atoms with Gasteiger partial charge in [0.2, 0.25) is 0 Å². The SMILES string of the molecule is CN(C)CCNC(=O)Nc1cccc(NC(=O)c2ccc(C(=O)Nc3cccc(NC(=O)NCCN(C)C)c3)cc2)c1. The Morgan fingerprint density at radius 2 is 0.857 bits per heavy atom. The minimum absolute atomic E-state index is 0.335. The highest BCUT2D eigenvalue weighted by atomic mass is 16.2. The third kappa shape index (κ3) is 10.9. The molecule has 0 unspecified atom stereocenters. The van der Waals surface area contributed by atoms with Crippen LogP contribution in [0.1, 0.15) is 20.7 Å². The summed E-state index contributed by atoms with van der Waals surface area (Å²) >= 11 is 0. The third-order valence-electron chi connectivity index (χ3n) is 5.86. The van der Waals surface area contributed by atoms with E-state index < -0.39 is 0 Å². The molecule has 0 aromatic heterocycles. The van der Waals surface area contributed by atoms with Crippen molar-refractivity contribution < 1.29 is 19.2 Å². The largest absolute Gasteiger partial charge is 0.337 e. The van der Waals surface area contributed by atoms with Gasteiger partial charge in [0.05, 0.1) is 0 Å². The number of amides is 6. The normalized spacial score (nSPS) is 10.6. The van der Waals surface area contributed by atoms with Gasteiger partial charge in [0.25, 0.3) is 11.8 Å². The van der Waals surface area contributed by atoms with E-state index in [1.165, 1.54) is 0 Å². The average molecular weight is 575 g/mol. The minimum Gasteiger partial charge on any atom is -0.337 e. The van der Waals surface area contributed by atoms with Crippen molar-refractivity contribution >= 4 is 46.6 Å². The van der Waals surface area contributed by atoms with Gasteiger partial charge >= 0.3 is 12.1 Å². The lowest BCUT2D eigenvalue weighted by molar-refractivity contribution is 0.101. The lowest BCUT2D eigenvalue weighted by atomic mass is 10.1. The number of anilines is 4. The van der Waals surface area contributed by atoms with E-state index in [-0.39, 0.29) is 23.9 Å². The molecule has 3 aromatic carbocycles. The smallest absolute Gasteiger partial charge is 0.319 e. The van der Waals surface area contributed by atoms with Crippen LogP contribution in [0.3, 0.4) is 0 Å². The van der Waals surface area contributed by atoms with Gasteiger partial charge in [-0.25, -0.2) is 9.59 Å². The number of nitrogens with zero attached hydrogens (tertiary/aromatic N) is 2. The molecule has 0 fully saturated rings. The molecule has 0 aliphatic carbocycles. The minimum atomic E-state index is -0.364. The molecule has 12 heteroatoms. The van der Waals surface area contributed by atoms with E-state index in [1.54, 1.807) is 72.8 Å². The number of carbonyl (C=O) groups excluding carboxylic acids is 4. The summed E-state index contributed by atoms with van der Waals surface area (Å²) in [4.78, 5) is 53.7. The first-order chi connectivity index (χ1) is 20.1. The zero-order chi connectivity index (χ0) is 30.5. The molecule has 12 nitrogen and oxygen atoms in total. The van der Waals surface area contributed by atoms with Crippen molar-refractivity contribution in [3.63, 3.8) is 0 Å². The molecule has 222 valence electrons. The molecular weight excluding hydrogens is 536 g/mol. The number of hydrogen-bond donors (Lipinski definition) is 6. The number of urea groups is 2. The third-order valence-corrected chi connectivity index (χ3v) is 5.86. The predicted octanol–water partition coefficient (Wildman–Crippen LogP) is 3.56. The van der Waals surface area contributed by atoms with E-state index >= 15 is 0 Å². The van der Waals surface area contributed by atoms with Gasteiger partial charge in [0, 0.05) is 60.1 Å². The summed E-state index contributed by atoms with van der Waals surface area (Å²) in [5.74, 6) is -0.727. The Bertz CT molecular complexity index is 1270. The standard InChI is InChI=1S/C30H38N8O4/c1-37(2)17-15-31-29(41)35-25-9-5-7-23(19-25)33-27(39)21-11-13-22(14-12-21)28(40)34-24-8-6-10-26(20-24)36-30(42)32-16-18-38(3)4/h5-14,19-20H,15-18H2,1-4H3,(H,33,39)(H,34,40)(H2,31,35,41)(H2,32,36,42). The Hall–Kier alpha value is -4.94. The van der Waals surface area contributed by atoms with Crippen LogP contribution in [0.15, 0.2) is 72.8 Å². The van der Waals surface area contributed by atoms with Crippen molar-refractivity contribution in [3.8, 4) is 0 Å². The Morgan fingerprint density at radius 3 is 1.19 bits per heavy atom. The van der Waals surface area contributed by atoms with Crippen molar-refractivity contribution in [2.24, 2.45) is 0 Å². The molecule has 0 heterocycles. The van der Waals surface area contributed by atoms with Gasteiger partial charge in [0.1, 0.15) is 0 Å². The highest BCUT2D eigenvalue weighted by Crippen LogP contribution is 2.18. The molecule has 6 N–H and O–H groups in total. The van der Waals surface area contributed by atoms with Crippen molar-refractivity contribution in [3.05, 3.63) is 83.9 Å². The first-order valence-corrected chi connectivity index (χ1v) is 13.4. The number of carbonyl (C=O) groups is 4. The molecule has 0 atom stereocenters. The zero-order valence-electron chi connectivity index (χ0n) is 24.3. The van der Waals surface area contributed by atoms with E-state index in [1.807, 2.05) is 38.0 Å². The summed E-state index contributed by atoms with van der Waals surface area (Å²) < 4.78 is 0. The molecule has 3 aromatic rings. The summed E-state index contributed by atoms with van der Waals surface area (Å²) in [5, 5.41) is 16.6. The molecular formula is C30H38N8O4. The molecule has 0 saturated heterocycles. The molecule has 0 aliphatic rings. The van der Waals surface area contributed by atoms with Crippen LogP contribution in [-0.4, -0.2) is 88.0 Å². The lowest BCUT2D eigenvalue weighted by Crippen LogP contribution is -2.34. The Kier molecular flexibility index (Phi) is 11.8. The second-order valence-electron chi connectivity index (χ2n) is 10.0. The average Bonchev–Trinajstić information content (AvgIpc) is 2.93. The number of likely N-dealkylation sites (N-methyl/N-ethyl adjacent to an activating group) is 2. The fraction of sp³-hybridized carbons (Fsp3) is 0.267. The fourth-order valence-corrected chi connectivity index (χ4v) is 3.67. The number of benzene rings is 3. The Morgan fingerprint density at radius 1 is 0.524 bits per heavy atom. The van der Waals surface area contributed by atoms with E-state index in [4.69, 9.17) is 0 Å². The van der Waals surface area contributed by atoms with Crippen LogP contribution in [0, 0.1) is 0 Å². The maximum atomic E-state index is 12.8. The van der Waals surface area contributed by atoms with Crippen molar-refractivity contribution in [1.82, 2.24) is 20.4 Å². The van der Waals surface area contributed by atoms with Crippen LogP contribution in [0.25, 0.3) is 0 Å². The first-order valence-electron chi connectivity index (χ1n) is 13.4. The Balaban J connectivity index is 1.52. The van der Waals surface area contributed by atoms with E-state index in [0.717, 1.165) is 0 Å². The van der Waals surface area contributed by atoms with Gasteiger partial charge in [-0.3, -0.25) is 9.59 Å². The molecule has 0 spiro atoms. The Labute approximate surface area is 245 Å². The van der Waals surface area contributed by atoms with Gasteiger partial charge in [-0.1, -0.05) is 12.1 Å². The molecule has 0 saturated carbocycles. The molecule has 0 aliphatic heterocycles. The second kappa shape index (κ2) is 15.7. The number of rotatable bonds is 12. The lowest BCUT2D eigenvalue weighted by Gasteiger charge is -2.12.